The van der Waals surface area contributed by atoms with E-state index in [0.29, 0.717) is 22.4 Å². The average molecular weight is 290 g/mol. The number of rotatable bonds is 2. The summed E-state index contributed by atoms with van der Waals surface area (Å²) in [5, 5.41) is 3.83. The molecule has 20 heavy (non-hydrogen) atoms. The summed E-state index contributed by atoms with van der Waals surface area (Å²) in [6.45, 7) is 3.38. The highest BCUT2D eigenvalue weighted by atomic mass is 35.5. The van der Waals surface area contributed by atoms with Gasteiger partial charge in [-0.15, -0.1) is 0 Å². The van der Waals surface area contributed by atoms with Crippen LogP contribution in [0.4, 0.5) is 0 Å². The molecule has 0 saturated carbocycles. The predicted octanol–water partition coefficient (Wildman–Crippen LogP) is 3.24. The summed E-state index contributed by atoms with van der Waals surface area (Å²) in [7, 11) is 0. The monoisotopic (exact) mass is 289 g/mol. The molecule has 2 rings (SSSR count). The summed E-state index contributed by atoms with van der Waals surface area (Å²) in [6, 6.07) is 8.52. The fourth-order valence-electron chi connectivity index (χ4n) is 1.65. The summed E-state index contributed by atoms with van der Waals surface area (Å²) >= 11 is 5.81. The molecular formula is C15H12ClNO3. The lowest BCUT2D eigenvalue weighted by atomic mass is 9.97. The van der Waals surface area contributed by atoms with E-state index in [9.17, 15) is 9.59 Å². The quantitative estimate of drug-likeness (QED) is 0.477. The number of Topliss-reactive ketones (excluding diaryl/α,β-unsaturated/α-hetero) is 1. The molecule has 4 nitrogen and oxygen atoms in total. The Labute approximate surface area is 121 Å². The van der Waals surface area contributed by atoms with Crippen LogP contribution >= 0.6 is 11.6 Å². The third-order valence-corrected chi connectivity index (χ3v) is 3.28. The van der Waals surface area contributed by atoms with Crippen LogP contribution in [0.2, 0.25) is 0 Å². The standard InChI is InChI=1S/C15H12ClNO3/c1-9-10(2)14(18)12(16)8-13(9)17-20-15(19)11-6-4-3-5-7-11/h3-8H,1-2H3/b17-13+. The molecule has 0 aromatic heterocycles. The summed E-state index contributed by atoms with van der Waals surface area (Å²) < 4.78 is 0. The number of hydrogen-bond acceptors (Lipinski definition) is 4. The van der Waals surface area contributed by atoms with E-state index in [2.05, 4.69) is 5.16 Å². The van der Waals surface area contributed by atoms with Gasteiger partial charge in [-0.1, -0.05) is 35.0 Å². The van der Waals surface area contributed by atoms with Gasteiger partial charge in [0.15, 0.2) is 5.78 Å². The zero-order chi connectivity index (χ0) is 14.7. The maximum Gasteiger partial charge on any atom is 0.365 e. The van der Waals surface area contributed by atoms with Gasteiger partial charge in [-0.05, 0) is 37.6 Å². The molecule has 0 fully saturated rings. The van der Waals surface area contributed by atoms with Crippen LogP contribution < -0.4 is 0 Å². The third kappa shape index (κ3) is 2.86. The van der Waals surface area contributed by atoms with Gasteiger partial charge >= 0.3 is 5.97 Å². The Kier molecular flexibility index (Phi) is 4.15. The minimum Gasteiger partial charge on any atom is -0.312 e. The van der Waals surface area contributed by atoms with Gasteiger partial charge in [0.1, 0.15) is 5.71 Å². The Balaban J connectivity index is 2.20. The minimum atomic E-state index is -0.565. The van der Waals surface area contributed by atoms with Crippen LogP contribution in [0, 0.1) is 0 Å². The maximum atomic E-state index is 11.8. The van der Waals surface area contributed by atoms with Crippen molar-refractivity contribution in [2.45, 2.75) is 13.8 Å². The number of nitrogens with zero attached hydrogens (tertiary/aromatic N) is 1. The Hall–Kier alpha value is -2.20. The van der Waals surface area contributed by atoms with E-state index in [-0.39, 0.29) is 10.8 Å². The Morgan fingerprint density at radius 1 is 1.15 bits per heavy atom. The molecular weight excluding hydrogens is 278 g/mol. The fourth-order valence-corrected chi connectivity index (χ4v) is 1.89. The van der Waals surface area contributed by atoms with Gasteiger partial charge in [-0.25, -0.2) is 4.79 Å². The van der Waals surface area contributed by atoms with Gasteiger partial charge in [-0.3, -0.25) is 4.79 Å². The lowest BCUT2D eigenvalue weighted by Crippen LogP contribution is -2.15. The first-order valence-electron chi connectivity index (χ1n) is 5.95. The molecule has 0 aliphatic heterocycles. The van der Waals surface area contributed by atoms with Crippen LogP contribution in [0.1, 0.15) is 24.2 Å². The number of ketones is 1. The summed E-state index contributed by atoms with van der Waals surface area (Å²) in [5.74, 6) is -0.803. The van der Waals surface area contributed by atoms with Crippen molar-refractivity contribution in [2.24, 2.45) is 5.16 Å². The van der Waals surface area contributed by atoms with Gasteiger partial charge < -0.3 is 4.84 Å². The molecule has 1 aliphatic rings. The first-order valence-corrected chi connectivity index (χ1v) is 6.32. The maximum absolute atomic E-state index is 11.8. The summed E-state index contributed by atoms with van der Waals surface area (Å²) in [5.41, 5.74) is 1.90. The molecule has 102 valence electrons. The topological polar surface area (TPSA) is 55.7 Å². The second kappa shape index (κ2) is 5.84. The van der Waals surface area contributed by atoms with Crippen LogP contribution in [0.3, 0.4) is 0 Å². The number of allylic oxidation sites excluding steroid dienone is 4. The number of carbonyl (C=O) groups is 2. The number of halogens is 1. The molecule has 5 heteroatoms. The van der Waals surface area contributed by atoms with E-state index in [1.165, 1.54) is 6.08 Å². The molecule has 0 N–H and O–H groups in total. The van der Waals surface area contributed by atoms with E-state index in [0.717, 1.165) is 0 Å². The van der Waals surface area contributed by atoms with Crippen LogP contribution in [-0.2, 0) is 9.63 Å². The second-order valence-corrected chi connectivity index (χ2v) is 4.70. The fraction of sp³-hybridized carbons (Fsp3) is 0.133. The molecule has 0 bridgehead atoms. The lowest BCUT2D eigenvalue weighted by molar-refractivity contribution is -0.111. The highest BCUT2D eigenvalue weighted by Crippen LogP contribution is 2.22. The zero-order valence-corrected chi connectivity index (χ0v) is 11.8. The van der Waals surface area contributed by atoms with E-state index in [4.69, 9.17) is 16.4 Å². The molecule has 1 aromatic carbocycles. The van der Waals surface area contributed by atoms with Gasteiger partial charge in [0, 0.05) is 5.57 Å². The summed E-state index contributed by atoms with van der Waals surface area (Å²) in [6.07, 6.45) is 1.39. The van der Waals surface area contributed by atoms with Crippen molar-refractivity contribution < 1.29 is 14.4 Å². The van der Waals surface area contributed by atoms with Gasteiger partial charge in [0.2, 0.25) is 0 Å². The van der Waals surface area contributed by atoms with Gasteiger partial charge in [0.05, 0.1) is 10.6 Å². The Bertz CT molecular complexity index is 657. The first-order chi connectivity index (χ1) is 9.50. The normalized spacial score (nSPS) is 17.2. The van der Waals surface area contributed by atoms with Crippen molar-refractivity contribution in [2.75, 3.05) is 0 Å². The van der Waals surface area contributed by atoms with Gasteiger partial charge in [-0.2, -0.15) is 0 Å². The molecule has 0 radical (unpaired) electrons. The van der Waals surface area contributed by atoms with Crippen LogP contribution in [0.15, 0.2) is 57.7 Å². The lowest BCUT2D eigenvalue weighted by Gasteiger charge is -2.12. The largest absolute Gasteiger partial charge is 0.365 e. The van der Waals surface area contributed by atoms with Crippen molar-refractivity contribution in [1.29, 1.82) is 0 Å². The highest BCUT2D eigenvalue weighted by Gasteiger charge is 2.21. The molecule has 1 aliphatic carbocycles. The molecule has 0 unspecified atom stereocenters. The van der Waals surface area contributed by atoms with Crippen molar-refractivity contribution >= 4 is 29.1 Å². The molecule has 1 aromatic rings. The highest BCUT2D eigenvalue weighted by molar-refractivity contribution is 6.48. The number of carbonyl (C=O) groups excluding carboxylic acids is 2. The van der Waals surface area contributed by atoms with E-state index >= 15 is 0 Å². The Morgan fingerprint density at radius 2 is 1.80 bits per heavy atom. The molecule has 0 heterocycles. The molecule has 0 saturated heterocycles. The third-order valence-electron chi connectivity index (χ3n) is 3.00. The Morgan fingerprint density at radius 3 is 2.45 bits per heavy atom. The average Bonchev–Trinajstić information content (AvgIpc) is 2.48. The van der Waals surface area contributed by atoms with Crippen LogP contribution in [0.5, 0.6) is 0 Å². The predicted molar refractivity (Wildman–Crippen MR) is 76.6 cm³/mol. The van der Waals surface area contributed by atoms with Crippen molar-refractivity contribution in [3.8, 4) is 0 Å². The zero-order valence-electron chi connectivity index (χ0n) is 11.0. The minimum absolute atomic E-state index is 0.0580. The number of benzene rings is 1. The van der Waals surface area contributed by atoms with Crippen LogP contribution in [-0.4, -0.2) is 17.5 Å². The second-order valence-electron chi connectivity index (χ2n) is 4.29. The molecule has 0 atom stereocenters. The number of hydrogen-bond donors (Lipinski definition) is 0. The summed E-state index contributed by atoms with van der Waals surface area (Å²) in [4.78, 5) is 28.2. The SMILES string of the molecule is CC1=C(C)/C(=N/OC(=O)c2ccccc2)C=C(Cl)C1=O. The smallest absolute Gasteiger partial charge is 0.312 e. The van der Waals surface area contributed by atoms with Gasteiger partial charge in [0.25, 0.3) is 0 Å². The van der Waals surface area contributed by atoms with Crippen molar-refractivity contribution in [1.82, 2.24) is 0 Å². The van der Waals surface area contributed by atoms with Crippen molar-refractivity contribution in [3.05, 3.63) is 58.1 Å². The number of oxime groups is 1. The van der Waals surface area contributed by atoms with E-state index in [1.807, 2.05) is 0 Å². The molecule has 0 amide bonds. The molecule has 0 spiro atoms. The van der Waals surface area contributed by atoms with E-state index in [1.54, 1.807) is 44.2 Å². The van der Waals surface area contributed by atoms with Crippen molar-refractivity contribution in [3.63, 3.8) is 0 Å². The van der Waals surface area contributed by atoms with Crippen LogP contribution in [0.25, 0.3) is 0 Å². The first kappa shape index (κ1) is 14.2. The van der Waals surface area contributed by atoms with E-state index < -0.39 is 5.97 Å².